The van der Waals surface area contributed by atoms with E-state index in [2.05, 4.69) is 37.4 Å². The second-order valence-corrected chi connectivity index (χ2v) is 9.41. The number of carbonyl (C=O) groups is 3. The number of carbonyl (C=O) groups excluding carboxylic acids is 3. The maximum absolute atomic E-state index is 13.6. The fourth-order valence-electron chi connectivity index (χ4n) is 4.98. The molecule has 33 heavy (non-hydrogen) atoms. The molecule has 1 aromatic rings. The van der Waals surface area contributed by atoms with E-state index >= 15 is 0 Å². The van der Waals surface area contributed by atoms with Gasteiger partial charge in [0.1, 0.15) is 0 Å². The van der Waals surface area contributed by atoms with Gasteiger partial charge in [-0.2, -0.15) is 0 Å². The minimum atomic E-state index is -0.276. The third-order valence-electron chi connectivity index (χ3n) is 6.76. The summed E-state index contributed by atoms with van der Waals surface area (Å²) in [4.78, 5) is 42.4. The predicted molar refractivity (Wildman–Crippen MR) is 128 cm³/mol. The minimum absolute atomic E-state index is 0.0488. The van der Waals surface area contributed by atoms with Crippen LogP contribution >= 0.6 is 0 Å². The Morgan fingerprint density at radius 3 is 2.61 bits per heavy atom. The van der Waals surface area contributed by atoms with Crippen molar-refractivity contribution in [3.8, 4) is 0 Å². The summed E-state index contributed by atoms with van der Waals surface area (Å²) in [7, 11) is 0. The third kappa shape index (κ3) is 6.71. The number of nitrogens with one attached hydrogen (secondary N) is 1. The molecule has 0 saturated carbocycles. The third-order valence-corrected chi connectivity index (χ3v) is 6.76. The van der Waals surface area contributed by atoms with Gasteiger partial charge in [0.2, 0.25) is 5.91 Å². The smallest absolute Gasteiger partial charge is 0.317 e. The summed E-state index contributed by atoms with van der Waals surface area (Å²) in [6.45, 7) is 9.05. The number of unbranched alkanes of at least 4 members (excludes halogenated alkanes) is 1. The van der Waals surface area contributed by atoms with Gasteiger partial charge in [-0.25, -0.2) is 4.79 Å². The van der Waals surface area contributed by atoms with Gasteiger partial charge in [0.05, 0.1) is 18.4 Å². The first-order valence-corrected chi connectivity index (χ1v) is 12.5. The number of nitrogens with zero attached hydrogens (tertiary/aromatic N) is 2. The van der Waals surface area contributed by atoms with Crippen molar-refractivity contribution in [2.24, 2.45) is 11.8 Å². The Balaban J connectivity index is 1.74. The van der Waals surface area contributed by atoms with Crippen LogP contribution in [-0.2, 0) is 14.3 Å². The fraction of sp³-hybridized carbons (Fsp3) is 0.654. The van der Waals surface area contributed by atoms with Crippen LogP contribution in [0.5, 0.6) is 0 Å². The standard InChI is InChI=1S/C26H39N3O4/c1-4-6-12-27-26(32)29-17-22(20-10-7-9-19(3)14-20)15-23(18-29)24(30)28-13-8-11-21(16-28)25(31)33-5-2/h7,9-10,14,21-23H,4-6,8,11-13,15-18H2,1-3H3,(H,27,32). The Hall–Kier alpha value is -2.57. The lowest BCUT2D eigenvalue weighted by Gasteiger charge is -2.40. The lowest BCUT2D eigenvalue weighted by atomic mass is 9.83. The van der Waals surface area contributed by atoms with Crippen LogP contribution in [0.25, 0.3) is 0 Å². The topological polar surface area (TPSA) is 79.0 Å². The van der Waals surface area contributed by atoms with Gasteiger partial charge in [0.15, 0.2) is 0 Å². The van der Waals surface area contributed by atoms with Crippen molar-refractivity contribution >= 4 is 17.9 Å². The number of ether oxygens (including phenoxy) is 1. The molecule has 2 aliphatic heterocycles. The van der Waals surface area contributed by atoms with Crippen molar-refractivity contribution in [3.05, 3.63) is 35.4 Å². The van der Waals surface area contributed by atoms with Crippen LogP contribution in [0.3, 0.4) is 0 Å². The number of benzene rings is 1. The SMILES string of the molecule is CCCCNC(=O)N1CC(C(=O)N2CCCC(C(=O)OCC)C2)CC(c2cccc(C)c2)C1. The van der Waals surface area contributed by atoms with Crippen LogP contribution in [0.1, 0.15) is 63.0 Å². The lowest BCUT2D eigenvalue weighted by molar-refractivity contribution is -0.152. The summed E-state index contributed by atoms with van der Waals surface area (Å²) in [5, 5.41) is 3.01. The zero-order valence-corrected chi connectivity index (χ0v) is 20.3. The molecule has 0 bridgehead atoms. The molecule has 0 spiro atoms. The summed E-state index contributed by atoms with van der Waals surface area (Å²) in [6, 6.07) is 8.25. The molecule has 3 amide bonds. The molecule has 7 heteroatoms. The molecule has 0 radical (unpaired) electrons. The number of hydrogen-bond donors (Lipinski definition) is 1. The van der Waals surface area contributed by atoms with Crippen LogP contribution in [0.4, 0.5) is 4.79 Å². The molecule has 3 unspecified atom stereocenters. The Kier molecular flexibility index (Phi) is 9.15. The highest BCUT2D eigenvalue weighted by molar-refractivity contribution is 5.82. The molecule has 3 rings (SSSR count). The summed E-state index contributed by atoms with van der Waals surface area (Å²) in [5.74, 6) is -0.592. The van der Waals surface area contributed by atoms with Crippen LogP contribution in [-0.4, -0.2) is 67.0 Å². The van der Waals surface area contributed by atoms with E-state index in [1.807, 2.05) is 15.9 Å². The number of piperidine rings is 2. The Bertz CT molecular complexity index is 828. The van der Waals surface area contributed by atoms with Gasteiger partial charge in [0, 0.05) is 38.6 Å². The molecular formula is C26H39N3O4. The molecule has 1 aromatic carbocycles. The van der Waals surface area contributed by atoms with E-state index in [-0.39, 0.29) is 35.7 Å². The van der Waals surface area contributed by atoms with Gasteiger partial charge in [-0.05, 0) is 45.1 Å². The first-order valence-electron chi connectivity index (χ1n) is 12.5. The Morgan fingerprint density at radius 1 is 1.09 bits per heavy atom. The van der Waals surface area contributed by atoms with Crippen molar-refractivity contribution in [2.45, 2.75) is 58.8 Å². The van der Waals surface area contributed by atoms with Gasteiger partial charge in [0.25, 0.3) is 0 Å². The zero-order chi connectivity index (χ0) is 23.8. The zero-order valence-electron chi connectivity index (χ0n) is 20.3. The van der Waals surface area contributed by atoms with E-state index < -0.39 is 0 Å². The van der Waals surface area contributed by atoms with E-state index in [1.54, 1.807) is 6.92 Å². The van der Waals surface area contributed by atoms with Gasteiger partial charge in [-0.15, -0.1) is 0 Å². The quantitative estimate of drug-likeness (QED) is 0.500. The monoisotopic (exact) mass is 457 g/mol. The van der Waals surface area contributed by atoms with Crippen molar-refractivity contribution in [3.63, 3.8) is 0 Å². The highest BCUT2D eigenvalue weighted by Crippen LogP contribution is 2.33. The number of likely N-dealkylation sites (tertiary alicyclic amines) is 2. The van der Waals surface area contributed by atoms with Crippen molar-refractivity contribution in [1.29, 1.82) is 0 Å². The highest BCUT2D eigenvalue weighted by Gasteiger charge is 2.38. The molecular weight excluding hydrogens is 418 g/mol. The van der Waals surface area contributed by atoms with E-state index in [9.17, 15) is 14.4 Å². The summed E-state index contributed by atoms with van der Waals surface area (Å²) in [5.41, 5.74) is 2.34. The Labute approximate surface area is 197 Å². The van der Waals surface area contributed by atoms with E-state index in [1.165, 1.54) is 11.1 Å². The van der Waals surface area contributed by atoms with E-state index in [0.29, 0.717) is 45.8 Å². The largest absolute Gasteiger partial charge is 0.466 e. The van der Waals surface area contributed by atoms with Crippen LogP contribution in [0.2, 0.25) is 0 Å². The summed E-state index contributed by atoms with van der Waals surface area (Å²) < 4.78 is 5.20. The van der Waals surface area contributed by atoms with Gasteiger partial charge in [-0.1, -0.05) is 43.2 Å². The molecule has 2 heterocycles. The van der Waals surface area contributed by atoms with Crippen LogP contribution in [0.15, 0.2) is 24.3 Å². The number of esters is 1. The minimum Gasteiger partial charge on any atom is -0.466 e. The molecule has 3 atom stereocenters. The average molecular weight is 458 g/mol. The maximum Gasteiger partial charge on any atom is 0.317 e. The second-order valence-electron chi connectivity index (χ2n) is 9.41. The van der Waals surface area contributed by atoms with Crippen LogP contribution in [0, 0.1) is 18.8 Å². The lowest BCUT2D eigenvalue weighted by Crippen LogP contribution is -2.53. The normalized spacial score (nSPS) is 23.2. The Morgan fingerprint density at radius 2 is 1.88 bits per heavy atom. The van der Waals surface area contributed by atoms with Gasteiger partial charge in [-0.3, -0.25) is 9.59 Å². The fourth-order valence-corrected chi connectivity index (χ4v) is 4.98. The molecule has 2 saturated heterocycles. The summed E-state index contributed by atoms with van der Waals surface area (Å²) >= 11 is 0. The van der Waals surface area contributed by atoms with E-state index in [0.717, 1.165) is 25.7 Å². The van der Waals surface area contributed by atoms with Crippen molar-refractivity contribution < 1.29 is 19.1 Å². The average Bonchev–Trinajstić information content (AvgIpc) is 2.83. The molecule has 7 nitrogen and oxygen atoms in total. The van der Waals surface area contributed by atoms with Crippen molar-refractivity contribution in [1.82, 2.24) is 15.1 Å². The molecule has 0 aliphatic carbocycles. The van der Waals surface area contributed by atoms with Crippen LogP contribution < -0.4 is 5.32 Å². The first kappa shape index (κ1) is 25.1. The molecule has 0 aromatic heterocycles. The molecule has 2 fully saturated rings. The number of hydrogen-bond acceptors (Lipinski definition) is 4. The molecule has 2 aliphatic rings. The molecule has 1 N–H and O–H groups in total. The maximum atomic E-state index is 13.6. The second kappa shape index (κ2) is 12.1. The number of rotatable bonds is 7. The summed E-state index contributed by atoms with van der Waals surface area (Å²) in [6.07, 6.45) is 4.22. The van der Waals surface area contributed by atoms with Gasteiger partial charge < -0.3 is 19.9 Å². The number of urea groups is 1. The highest BCUT2D eigenvalue weighted by atomic mass is 16.5. The van der Waals surface area contributed by atoms with E-state index in [4.69, 9.17) is 4.74 Å². The van der Waals surface area contributed by atoms with Crippen molar-refractivity contribution in [2.75, 3.05) is 39.3 Å². The predicted octanol–water partition coefficient (Wildman–Crippen LogP) is 3.71. The first-order chi connectivity index (χ1) is 15.9. The number of amides is 3. The van der Waals surface area contributed by atoms with Gasteiger partial charge >= 0.3 is 12.0 Å². The number of aryl methyl sites for hydroxylation is 1. The molecule has 182 valence electrons.